The lowest BCUT2D eigenvalue weighted by Gasteiger charge is -2.18. The molecule has 1 unspecified atom stereocenters. The molecule has 0 aromatic carbocycles. The minimum absolute atomic E-state index is 0.204. The molecule has 0 aromatic heterocycles. The molecule has 4 N–H and O–H groups in total. The molecule has 1 atom stereocenters. The predicted octanol–water partition coefficient (Wildman–Crippen LogP) is -0.201. The number of rotatable bonds is 6. The van der Waals surface area contributed by atoms with E-state index in [2.05, 4.69) is 19.2 Å². The molecule has 0 amide bonds. The molecule has 3 heteroatoms. The van der Waals surface area contributed by atoms with Gasteiger partial charge >= 0.3 is 0 Å². The Morgan fingerprint density at radius 3 is 2.45 bits per heavy atom. The highest BCUT2D eigenvalue weighted by molar-refractivity contribution is 4.66. The lowest BCUT2D eigenvalue weighted by atomic mass is 9.96. The van der Waals surface area contributed by atoms with Crippen molar-refractivity contribution in [3.63, 3.8) is 0 Å². The second kappa shape index (κ2) is 6.58. The van der Waals surface area contributed by atoms with Crippen LogP contribution in [-0.2, 0) is 0 Å². The minimum Gasteiger partial charge on any atom is -0.395 e. The van der Waals surface area contributed by atoms with E-state index in [1.54, 1.807) is 0 Å². The third-order valence-electron chi connectivity index (χ3n) is 1.94. The van der Waals surface area contributed by atoms with Gasteiger partial charge in [0.25, 0.3) is 0 Å². The number of nitrogens with one attached hydrogen (secondary N) is 1. The molecule has 0 radical (unpaired) electrons. The molecule has 0 aromatic rings. The van der Waals surface area contributed by atoms with Crippen molar-refractivity contribution < 1.29 is 5.11 Å². The van der Waals surface area contributed by atoms with E-state index in [4.69, 9.17) is 10.8 Å². The molecule has 3 nitrogen and oxygen atoms in total. The van der Waals surface area contributed by atoms with E-state index in [0.717, 1.165) is 13.1 Å². The van der Waals surface area contributed by atoms with Gasteiger partial charge in [-0.1, -0.05) is 13.8 Å². The predicted molar refractivity (Wildman–Crippen MR) is 47.3 cm³/mol. The number of hydrogen-bond acceptors (Lipinski definition) is 3. The summed E-state index contributed by atoms with van der Waals surface area (Å²) in [5, 5.41) is 11.6. The minimum atomic E-state index is 0.204. The van der Waals surface area contributed by atoms with Crippen LogP contribution in [0.15, 0.2) is 0 Å². The smallest absolute Gasteiger partial charge is 0.0555 e. The number of hydrogen-bond donors (Lipinski definition) is 3. The SMILES string of the molecule is CC(C)C(CN)CNCCO. The maximum absolute atomic E-state index is 8.50. The molecule has 0 fully saturated rings. The van der Waals surface area contributed by atoms with Gasteiger partial charge < -0.3 is 16.2 Å². The van der Waals surface area contributed by atoms with Crippen LogP contribution < -0.4 is 11.1 Å². The van der Waals surface area contributed by atoms with E-state index in [0.29, 0.717) is 18.4 Å². The summed E-state index contributed by atoms with van der Waals surface area (Å²) >= 11 is 0. The zero-order valence-corrected chi connectivity index (χ0v) is 7.51. The Morgan fingerprint density at radius 2 is 2.09 bits per heavy atom. The highest BCUT2D eigenvalue weighted by Crippen LogP contribution is 2.06. The summed E-state index contributed by atoms with van der Waals surface area (Å²) < 4.78 is 0. The average molecular weight is 160 g/mol. The third kappa shape index (κ3) is 5.18. The quantitative estimate of drug-likeness (QED) is 0.472. The molecule has 68 valence electrons. The molecule has 0 spiro atoms. The largest absolute Gasteiger partial charge is 0.395 e. The molecular formula is C8H20N2O. The van der Waals surface area contributed by atoms with Crippen LogP contribution in [0, 0.1) is 11.8 Å². The number of nitrogens with two attached hydrogens (primary N) is 1. The Hall–Kier alpha value is -0.120. The summed E-state index contributed by atoms with van der Waals surface area (Å²) in [7, 11) is 0. The number of aliphatic hydroxyl groups excluding tert-OH is 1. The van der Waals surface area contributed by atoms with Crippen molar-refractivity contribution in [1.29, 1.82) is 0 Å². The Morgan fingerprint density at radius 1 is 1.45 bits per heavy atom. The zero-order valence-electron chi connectivity index (χ0n) is 7.51. The van der Waals surface area contributed by atoms with Crippen LogP contribution in [0.3, 0.4) is 0 Å². The van der Waals surface area contributed by atoms with E-state index < -0.39 is 0 Å². The van der Waals surface area contributed by atoms with Gasteiger partial charge in [-0.25, -0.2) is 0 Å². The second-order valence-corrected chi connectivity index (χ2v) is 3.17. The van der Waals surface area contributed by atoms with Gasteiger partial charge in [0.05, 0.1) is 6.61 Å². The number of aliphatic hydroxyl groups is 1. The second-order valence-electron chi connectivity index (χ2n) is 3.17. The first-order valence-corrected chi connectivity index (χ1v) is 4.24. The van der Waals surface area contributed by atoms with Crippen molar-refractivity contribution in [2.24, 2.45) is 17.6 Å². The Labute approximate surface area is 69.0 Å². The highest BCUT2D eigenvalue weighted by atomic mass is 16.3. The van der Waals surface area contributed by atoms with Crippen LogP contribution in [0.5, 0.6) is 0 Å². The molecule has 0 heterocycles. The van der Waals surface area contributed by atoms with E-state index in [-0.39, 0.29) is 6.61 Å². The van der Waals surface area contributed by atoms with Crippen LogP contribution in [0.2, 0.25) is 0 Å². The topological polar surface area (TPSA) is 58.3 Å². The standard InChI is InChI=1S/C8H20N2O/c1-7(2)8(5-9)6-10-3-4-11/h7-8,10-11H,3-6,9H2,1-2H3. The van der Waals surface area contributed by atoms with Crippen LogP contribution in [-0.4, -0.2) is 31.3 Å². The normalized spacial score (nSPS) is 13.9. The first kappa shape index (κ1) is 10.9. The van der Waals surface area contributed by atoms with Crippen molar-refractivity contribution in [2.45, 2.75) is 13.8 Å². The van der Waals surface area contributed by atoms with E-state index in [1.807, 2.05) is 0 Å². The summed E-state index contributed by atoms with van der Waals surface area (Å²) in [6.07, 6.45) is 0. The lowest BCUT2D eigenvalue weighted by Crippen LogP contribution is -2.33. The zero-order chi connectivity index (χ0) is 8.69. The van der Waals surface area contributed by atoms with Gasteiger partial charge in [-0.2, -0.15) is 0 Å². The summed E-state index contributed by atoms with van der Waals surface area (Å²) in [5.41, 5.74) is 5.55. The maximum Gasteiger partial charge on any atom is 0.0555 e. The fourth-order valence-corrected chi connectivity index (χ4v) is 0.958. The van der Waals surface area contributed by atoms with E-state index >= 15 is 0 Å². The van der Waals surface area contributed by atoms with Crippen LogP contribution >= 0.6 is 0 Å². The van der Waals surface area contributed by atoms with Gasteiger partial charge in [0.1, 0.15) is 0 Å². The van der Waals surface area contributed by atoms with Gasteiger partial charge in [-0.3, -0.25) is 0 Å². The Bertz CT molecular complexity index is 86.2. The monoisotopic (exact) mass is 160 g/mol. The van der Waals surface area contributed by atoms with Crippen LogP contribution in [0.4, 0.5) is 0 Å². The summed E-state index contributed by atoms with van der Waals surface area (Å²) in [6, 6.07) is 0. The Kier molecular flexibility index (Phi) is 6.51. The summed E-state index contributed by atoms with van der Waals surface area (Å²) in [5.74, 6) is 1.15. The van der Waals surface area contributed by atoms with Crippen LogP contribution in [0.25, 0.3) is 0 Å². The Balaban J connectivity index is 3.36. The molecule has 0 aliphatic carbocycles. The van der Waals surface area contributed by atoms with Gasteiger partial charge in [0.2, 0.25) is 0 Å². The lowest BCUT2D eigenvalue weighted by molar-refractivity contribution is 0.281. The van der Waals surface area contributed by atoms with Gasteiger partial charge in [-0.05, 0) is 24.9 Å². The van der Waals surface area contributed by atoms with Crippen LogP contribution in [0.1, 0.15) is 13.8 Å². The summed E-state index contributed by atoms with van der Waals surface area (Å²) in [4.78, 5) is 0. The fourth-order valence-electron chi connectivity index (χ4n) is 0.958. The fraction of sp³-hybridized carbons (Fsp3) is 1.00. The molecular weight excluding hydrogens is 140 g/mol. The van der Waals surface area contributed by atoms with Gasteiger partial charge in [0.15, 0.2) is 0 Å². The van der Waals surface area contributed by atoms with E-state index in [1.165, 1.54) is 0 Å². The summed E-state index contributed by atoms with van der Waals surface area (Å²) in [6.45, 7) is 6.83. The molecule has 0 aliphatic heterocycles. The van der Waals surface area contributed by atoms with Crippen molar-refractivity contribution in [1.82, 2.24) is 5.32 Å². The third-order valence-corrected chi connectivity index (χ3v) is 1.94. The van der Waals surface area contributed by atoms with Crippen molar-refractivity contribution in [2.75, 3.05) is 26.2 Å². The molecule has 0 bridgehead atoms. The first-order chi connectivity index (χ1) is 5.22. The maximum atomic E-state index is 8.50. The van der Waals surface area contributed by atoms with Crippen molar-refractivity contribution in [3.8, 4) is 0 Å². The van der Waals surface area contributed by atoms with E-state index in [9.17, 15) is 0 Å². The van der Waals surface area contributed by atoms with Gasteiger partial charge in [0, 0.05) is 6.54 Å². The molecule has 0 saturated heterocycles. The molecule has 11 heavy (non-hydrogen) atoms. The molecule has 0 aliphatic rings. The average Bonchev–Trinajstić information content (AvgIpc) is 1.97. The molecule has 0 saturated carbocycles. The van der Waals surface area contributed by atoms with Gasteiger partial charge in [-0.15, -0.1) is 0 Å². The first-order valence-electron chi connectivity index (χ1n) is 4.24. The molecule has 0 rings (SSSR count). The highest BCUT2D eigenvalue weighted by Gasteiger charge is 2.09. The van der Waals surface area contributed by atoms with Crippen molar-refractivity contribution in [3.05, 3.63) is 0 Å². The van der Waals surface area contributed by atoms with Crippen molar-refractivity contribution >= 4 is 0 Å².